The van der Waals surface area contributed by atoms with Gasteiger partial charge in [0.05, 0.1) is 6.54 Å². The highest BCUT2D eigenvalue weighted by Gasteiger charge is 2.13. The minimum atomic E-state index is 0.0504. The molecule has 1 N–H and O–H groups in total. The van der Waals surface area contributed by atoms with Gasteiger partial charge in [-0.1, -0.05) is 30.3 Å². The number of nitrogens with zero attached hydrogens (tertiary/aromatic N) is 1. The summed E-state index contributed by atoms with van der Waals surface area (Å²) in [5, 5.41) is 3.16. The number of likely N-dealkylation sites (N-methyl/N-ethyl adjacent to an activating group) is 1. The van der Waals surface area contributed by atoms with Crippen LogP contribution in [0.5, 0.6) is 0 Å². The number of nitrogens with one attached hydrogen (secondary N) is 1. The van der Waals surface area contributed by atoms with E-state index in [-0.39, 0.29) is 12.5 Å². The Bertz CT molecular complexity index is 572. The van der Waals surface area contributed by atoms with Crippen LogP contribution in [0.25, 0.3) is 0 Å². The van der Waals surface area contributed by atoms with Crippen LogP contribution in [-0.2, 0) is 4.79 Å². The van der Waals surface area contributed by atoms with Crippen molar-refractivity contribution in [3.8, 4) is 0 Å². The molecule has 0 saturated carbocycles. The fourth-order valence-corrected chi connectivity index (χ4v) is 2.41. The molecular weight excluding hydrogens is 316 g/mol. The van der Waals surface area contributed by atoms with E-state index in [1.807, 2.05) is 61.5 Å². The summed E-state index contributed by atoms with van der Waals surface area (Å²) in [4.78, 5) is 14.1. The normalized spacial score (nSPS) is 10.1. The number of halogens is 1. The van der Waals surface area contributed by atoms with E-state index in [9.17, 15) is 4.79 Å². The summed E-state index contributed by atoms with van der Waals surface area (Å²) >= 11 is 3.46. The van der Waals surface area contributed by atoms with Gasteiger partial charge in [0.1, 0.15) is 0 Å². The van der Waals surface area contributed by atoms with E-state index in [1.165, 1.54) is 0 Å². The number of benzene rings is 2. The summed E-state index contributed by atoms with van der Waals surface area (Å²) < 4.78 is 0.954. The van der Waals surface area contributed by atoms with Crippen molar-refractivity contribution < 1.29 is 4.79 Å². The van der Waals surface area contributed by atoms with Crippen LogP contribution in [0, 0.1) is 0 Å². The van der Waals surface area contributed by atoms with Gasteiger partial charge in [0.25, 0.3) is 0 Å². The second-order valence-corrected chi connectivity index (χ2v) is 5.16. The largest absolute Gasteiger partial charge is 0.375 e. The zero-order valence-corrected chi connectivity index (χ0v) is 12.9. The lowest BCUT2D eigenvalue weighted by Crippen LogP contribution is -2.35. The van der Waals surface area contributed by atoms with Gasteiger partial charge in [-0.25, -0.2) is 0 Å². The molecule has 0 fully saturated rings. The molecule has 2 aromatic carbocycles. The summed E-state index contributed by atoms with van der Waals surface area (Å²) in [6, 6.07) is 17.5. The first-order valence-electron chi connectivity index (χ1n) is 6.56. The van der Waals surface area contributed by atoms with E-state index in [2.05, 4.69) is 21.2 Å². The Hall–Kier alpha value is -1.81. The predicted octanol–water partition coefficient (Wildman–Crippen LogP) is 3.91. The highest BCUT2D eigenvalue weighted by Crippen LogP contribution is 2.21. The third kappa shape index (κ3) is 3.61. The summed E-state index contributed by atoms with van der Waals surface area (Å²) in [5.41, 5.74) is 1.85. The van der Waals surface area contributed by atoms with Crippen LogP contribution in [0.4, 0.5) is 11.4 Å². The number of rotatable bonds is 5. The maximum Gasteiger partial charge on any atom is 0.246 e. The molecule has 0 heterocycles. The van der Waals surface area contributed by atoms with Crippen molar-refractivity contribution in [3.63, 3.8) is 0 Å². The fraction of sp³-hybridized carbons (Fsp3) is 0.188. The van der Waals surface area contributed by atoms with E-state index in [1.54, 1.807) is 4.90 Å². The summed E-state index contributed by atoms with van der Waals surface area (Å²) in [5.74, 6) is 0.0504. The summed E-state index contributed by atoms with van der Waals surface area (Å²) in [7, 11) is 0. The Morgan fingerprint density at radius 2 is 1.75 bits per heavy atom. The van der Waals surface area contributed by atoms with Crippen molar-refractivity contribution in [2.75, 3.05) is 23.3 Å². The maximum absolute atomic E-state index is 12.3. The van der Waals surface area contributed by atoms with Crippen LogP contribution in [0.2, 0.25) is 0 Å². The highest BCUT2D eigenvalue weighted by molar-refractivity contribution is 9.10. The standard InChI is InChI=1S/C16H17BrN2O/c1-2-19(13-8-4-3-5-9-13)16(20)12-18-15-11-7-6-10-14(15)17/h3-11,18H,2,12H2,1H3. The molecule has 0 atom stereocenters. The highest BCUT2D eigenvalue weighted by atomic mass is 79.9. The molecule has 0 unspecified atom stereocenters. The van der Waals surface area contributed by atoms with Crippen LogP contribution in [-0.4, -0.2) is 19.0 Å². The number of hydrogen-bond donors (Lipinski definition) is 1. The van der Waals surface area contributed by atoms with Crippen molar-refractivity contribution in [1.82, 2.24) is 0 Å². The number of carbonyl (C=O) groups excluding carboxylic acids is 1. The van der Waals surface area contributed by atoms with E-state index >= 15 is 0 Å². The Labute approximate surface area is 127 Å². The smallest absolute Gasteiger partial charge is 0.246 e. The third-order valence-electron chi connectivity index (χ3n) is 2.99. The Morgan fingerprint density at radius 1 is 1.10 bits per heavy atom. The molecule has 1 amide bonds. The molecule has 3 nitrogen and oxygen atoms in total. The van der Waals surface area contributed by atoms with Gasteiger partial charge >= 0.3 is 0 Å². The van der Waals surface area contributed by atoms with Crippen molar-refractivity contribution in [2.24, 2.45) is 0 Å². The molecule has 104 valence electrons. The van der Waals surface area contributed by atoms with E-state index in [0.717, 1.165) is 15.8 Å². The molecule has 20 heavy (non-hydrogen) atoms. The lowest BCUT2D eigenvalue weighted by atomic mass is 10.2. The van der Waals surface area contributed by atoms with Gasteiger partial charge in [0.15, 0.2) is 0 Å². The quantitative estimate of drug-likeness (QED) is 0.900. The van der Waals surface area contributed by atoms with Crippen molar-refractivity contribution in [1.29, 1.82) is 0 Å². The molecule has 0 aromatic heterocycles. The van der Waals surface area contributed by atoms with Crippen molar-refractivity contribution in [3.05, 3.63) is 59.1 Å². The number of carbonyl (C=O) groups is 1. The first-order valence-corrected chi connectivity index (χ1v) is 7.35. The minimum Gasteiger partial charge on any atom is -0.375 e. The van der Waals surface area contributed by atoms with Crippen LogP contribution in [0.1, 0.15) is 6.92 Å². The molecule has 2 rings (SSSR count). The van der Waals surface area contributed by atoms with Gasteiger partial charge in [-0.05, 0) is 47.1 Å². The molecule has 0 radical (unpaired) electrons. The van der Waals surface area contributed by atoms with Crippen LogP contribution >= 0.6 is 15.9 Å². The fourth-order valence-electron chi connectivity index (χ4n) is 1.98. The van der Waals surface area contributed by atoms with Crippen LogP contribution in [0.3, 0.4) is 0 Å². The lowest BCUT2D eigenvalue weighted by molar-refractivity contribution is -0.116. The molecule has 0 saturated heterocycles. The van der Waals surface area contributed by atoms with Gasteiger partial charge in [0, 0.05) is 22.4 Å². The summed E-state index contributed by atoms with van der Waals surface area (Å²) in [6.07, 6.45) is 0. The first kappa shape index (κ1) is 14.6. The van der Waals surface area contributed by atoms with Crippen LogP contribution < -0.4 is 10.2 Å². The van der Waals surface area contributed by atoms with Gasteiger partial charge in [-0.2, -0.15) is 0 Å². The van der Waals surface area contributed by atoms with Gasteiger partial charge < -0.3 is 10.2 Å². The van der Waals surface area contributed by atoms with Gasteiger partial charge in [-0.3, -0.25) is 4.79 Å². The number of amides is 1. The van der Waals surface area contributed by atoms with E-state index < -0.39 is 0 Å². The molecule has 0 aliphatic rings. The van der Waals surface area contributed by atoms with E-state index in [0.29, 0.717) is 6.54 Å². The van der Waals surface area contributed by atoms with E-state index in [4.69, 9.17) is 0 Å². The monoisotopic (exact) mass is 332 g/mol. The second kappa shape index (κ2) is 7.10. The molecular formula is C16H17BrN2O. The molecule has 4 heteroatoms. The molecule has 0 aliphatic carbocycles. The minimum absolute atomic E-state index is 0.0504. The van der Waals surface area contributed by atoms with Gasteiger partial charge in [0.2, 0.25) is 5.91 Å². The SMILES string of the molecule is CCN(C(=O)CNc1ccccc1Br)c1ccccc1. The zero-order chi connectivity index (χ0) is 14.4. The Kier molecular flexibility index (Phi) is 5.18. The Balaban J connectivity index is 2.02. The molecule has 0 aliphatic heterocycles. The average molecular weight is 333 g/mol. The van der Waals surface area contributed by atoms with Gasteiger partial charge in [-0.15, -0.1) is 0 Å². The molecule has 2 aromatic rings. The topological polar surface area (TPSA) is 32.3 Å². The third-order valence-corrected chi connectivity index (χ3v) is 3.68. The number of anilines is 2. The number of hydrogen-bond acceptors (Lipinski definition) is 2. The number of para-hydroxylation sites is 2. The lowest BCUT2D eigenvalue weighted by Gasteiger charge is -2.21. The van der Waals surface area contributed by atoms with Crippen molar-refractivity contribution >= 4 is 33.2 Å². The first-order chi connectivity index (χ1) is 9.72. The van der Waals surface area contributed by atoms with Crippen LogP contribution in [0.15, 0.2) is 59.1 Å². The second-order valence-electron chi connectivity index (χ2n) is 4.31. The zero-order valence-electron chi connectivity index (χ0n) is 11.3. The summed E-state index contributed by atoms with van der Waals surface area (Å²) in [6.45, 7) is 2.90. The average Bonchev–Trinajstić information content (AvgIpc) is 2.48. The Morgan fingerprint density at radius 3 is 2.40 bits per heavy atom. The van der Waals surface area contributed by atoms with Crippen molar-refractivity contribution in [2.45, 2.75) is 6.92 Å². The molecule has 0 bridgehead atoms. The maximum atomic E-state index is 12.3. The molecule has 0 spiro atoms. The predicted molar refractivity (Wildman–Crippen MR) is 87.1 cm³/mol.